The van der Waals surface area contributed by atoms with Gasteiger partial charge in [0.15, 0.2) is 0 Å². The Morgan fingerprint density at radius 3 is 1.35 bits per heavy atom. The number of rotatable bonds is 0. The van der Waals surface area contributed by atoms with Crippen molar-refractivity contribution in [2.45, 2.75) is 0 Å². The maximum Gasteiger partial charge on any atom is 0.314 e. The third-order valence-corrected chi connectivity index (χ3v) is 3.74. The van der Waals surface area contributed by atoms with Gasteiger partial charge in [0.25, 0.3) is 11.8 Å². The standard InChI is InChI=1S/C18H16N4O4/c23-15-11-5-1-3-7-13(11)21-17(25)18(26)22-14-8-4-2-6-12(14)16(24)20-10-9-19-15/h1-8H,9-10H2,(H,19,23)(H,20,24)(H,21,25)(H,22,26). The van der Waals surface area contributed by atoms with Crippen LogP contribution in [0, 0.1) is 0 Å². The fraction of sp³-hybridized carbons (Fsp3) is 0.111. The van der Waals surface area contributed by atoms with Crippen molar-refractivity contribution in [2.75, 3.05) is 23.7 Å². The normalized spacial score (nSPS) is 15.4. The first kappa shape index (κ1) is 17.2. The summed E-state index contributed by atoms with van der Waals surface area (Å²) in [6.07, 6.45) is 0. The number of hydrogen-bond acceptors (Lipinski definition) is 4. The molecule has 1 heterocycles. The van der Waals surface area contributed by atoms with Crippen molar-refractivity contribution >= 4 is 35.0 Å². The minimum atomic E-state index is -0.947. The summed E-state index contributed by atoms with van der Waals surface area (Å²) in [6, 6.07) is 12.7. The summed E-state index contributed by atoms with van der Waals surface area (Å²) in [7, 11) is 0. The molecule has 4 N–H and O–H groups in total. The molecule has 2 aromatic rings. The summed E-state index contributed by atoms with van der Waals surface area (Å²) in [5.74, 6) is -2.74. The molecule has 2 aromatic carbocycles. The highest BCUT2D eigenvalue weighted by Crippen LogP contribution is 2.17. The van der Waals surface area contributed by atoms with Crippen molar-refractivity contribution in [3.05, 3.63) is 59.7 Å². The molecule has 1 aliphatic rings. The second-order valence-corrected chi connectivity index (χ2v) is 5.51. The van der Waals surface area contributed by atoms with Crippen LogP contribution >= 0.6 is 0 Å². The molecule has 1 aliphatic heterocycles. The summed E-state index contributed by atoms with van der Waals surface area (Å²) in [5.41, 5.74) is 0.883. The number of hydrogen-bond donors (Lipinski definition) is 4. The summed E-state index contributed by atoms with van der Waals surface area (Å²) in [5, 5.41) is 10.2. The van der Waals surface area contributed by atoms with Crippen LogP contribution in [0.5, 0.6) is 0 Å². The van der Waals surface area contributed by atoms with E-state index in [0.717, 1.165) is 0 Å². The van der Waals surface area contributed by atoms with Crippen molar-refractivity contribution in [2.24, 2.45) is 0 Å². The van der Waals surface area contributed by atoms with Crippen molar-refractivity contribution < 1.29 is 19.2 Å². The monoisotopic (exact) mass is 352 g/mol. The molecule has 0 saturated carbocycles. The zero-order valence-corrected chi connectivity index (χ0v) is 13.7. The average Bonchev–Trinajstić information content (AvgIpc) is 2.65. The lowest BCUT2D eigenvalue weighted by Gasteiger charge is -2.15. The molecule has 0 aromatic heterocycles. The maximum atomic E-state index is 12.3. The summed E-state index contributed by atoms with van der Waals surface area (Å²) in [6.45, 7) is 0.419. The molecule has 0 atom stereocenters. The predicted octanol–water partition coefficient (Wildman–Crippen LogP) is 0.737. The molecule has 0 aliphatic carbocycles. The van der Waals surface area contributed by atoms with Crippen LogP contribution in [0.3, 0.4) is 0 Å². The maximum absolute atomic E-state index is 12.3. The van der Waals surface area contributed by atoms with E-state index in [2.05, 4.69) is 21.3 Å². The van der Waals surface area contributed by atoms with Crippen molar-refractivity contribution in [1.82, 2.24) is 10.6 Å². The third kappa shape index (κ3) is 3.69. The van der Waals surface area contributed by atoms with E-state index >= 15 is 0 Å². The smallest absolute Gasteiger partial charge is 0.314 e. The topological polar surface area (TPSA) is 116 Å². The summed E-state index contributed by atoms with van der Waals surface area (Å²) in [4.78, 5) is 48.9. The molecular formula is C18H16N4O4. The van der Waals surface area contributed by atoms with Gasteiger partial charge in [-0.25, -0.2) is 0 Å². The van der Waals surface area contributed by atoms with Crippen LogP contribution < -0.4 is 21.3 Å². The predicted molar refractivity (Wildman–Crippen MR) is 94.8 cm³/mol. The molecule has 0 radical (unpaired) electrons. The lowest BCUT2D eigenvalue weighted by molar-refractivity contribution is -0.133. The van der Waals surface area contributed by atoms with E-state index in [9.17, 15) is 19.2 Å². The quantitative estimate of drug-likeness (QED) is 0.523. The Bertz CT molecular complexity index is 821. The highest BCUT2D eigenvalue weighted by Gasteiger charge is 2.20. The van der Waals surface area contributed by atoms with Crippen molar-refractivity contribution in [3.63, 3.8) is 0 Å². The summed E-state index contributed by atoms with van der Waals surface area (Å²) < 4.78 is 0. The second-order valence-electron chi connectivity index (χ2n) is 5.51. The van der Waals surface area contributed by atoms with E-state index in [0.29, 0.717) is 0 Å². The van der Waals surface area contributed by atoms with Gasteiger partial charge in [0.2, 0.25) is 0 Å². The average molecular weight is 352 g/mol. The van der Waals surface area contributed by atoms with Crippen LogP contribution in [-0.2, 0) is 9.59 Å². The Hall–Kier alpha value is -3.68. The number of nitrogens with one attached hydrogen (secondary N) is 4. The largest absolute Gasteiger partial charge is 0.350 e. The van der Waals surface area contributed by atoms with Gasteiger partial charge in [0.1, 0.15) is 0 Å². The first-order valence-electron chi connectivity index (χ1n) is 7.93. The lowest BCUT2D eigenvalue weighted by Crippen LogP contribution is -2.37. The molecule has 26 heavy (non-hydrogen) atoms. The molecule has 0 saturated heterocycles. The van der Waals surface area contributed by atoms with Gasteiger partial charge in [-0.1, -0.05) is 24.3 Å². The number of carbonyl (C=O) groups excluding carboxylic acids is 4. The van der Waals surface area contributed by atoms with Crippen LogP contribution in [0.1, 0.15) is 20.7 Å². The Morgan fingerprint density at radius 1 is 0.538 bits per heavy atom. The Kier molecular flexibility index (Phi) is 4.93. The van der Waals surface area contributed by atoms with Gasteiger partial charge in [-0.05, 0) is 24.3 Å². The van der Waals surface area contributed by atoms with Gasteiger partial charge in [-0.15, -0.1) is 0 Å². The summed E-state index contributed by atoms with van der Waals surface area (Å²) >= 11 is 0. The fourth-order valence-corrected chi connectivity index (χ4v) is 2.48. The van der Waals surface area contributed by atoms with Crippen LogP contribution in [-0.4, -0.2) is 36.7 Å². The van der Waals surface area contributed by atoms with E-state index in [4.69, 9.17) is 0 Å². The van der Waals surface area contributed by atoms with Crippen LogP contribution in [0.4, 0.5) is 11.4 Å². The number of amides is 4. The van der Waals surface area contributed by atoms with E-state index in [1.807, 2.05) is 0 Å². The van der Waals surface area contributed by atoms with E-state index in [-0.39, 0.29) is 35.6 Å². The number of benzene rings is 2. The van der Waals surface area contributed by atoms with Crippen molar-refractivity contribution in [3.8, 4) is 0 Å². The second kappa shape index (κ2) is 7.47. The van der Waals surface area contributed by atoms with Gasteiger partial charge in [0.05, 0.1) is 22.5 Å². The molecule has 0 spiro atoms. The van der Waals surface area contributed by atoms with Gasteiger partial charge >= 0.3 is 11.8 Å². The molecular weight excluding hydrogens is 336 g/mol. The number of para-hydroxylation sites is 2. The third-order valence-electron chi connectivity index (χ3n) is 3.74. The van der Waals surface area contributed by atoms with E-state index in [1.54, 1.807) is 24.3 Å². The first-order valence-corrected chi connectivity index (χ1v) is 7.93. The zero-order chi connectivity index (χ0) is 18.5. The Balaban J connectivity index is 1.94. The molecule has 0 unspecified atom stereocenters. The number of fused-ring (bicyclic) bond motifs is 2. The Labute approximate surface area is 149 Å². The number of carbonyl (C=O) groups is 4. The highest BCUT2D eigenvalue weighted by molar-refractivity contribution is 6.44. The van der Waals surface area contributed by atoms with Crippen molar-refractivity contribution in [1.29, 1.82) is 0 Å². The first-order chi connectivity index (χ1) is 12.6. The van der Waals surface area contributed by atoms with Gasteiger partial charge in [-0.3, -0.25) is 19.2 Å². The molecule has 3 rings (SSSR count). The molecule has 8 nitrogen and oxygen atoms in total. The van der Waals surface area contributed by atoms with Crippen LogP contribution in [0.25, 0.3) is 0 Å². The molecule has 0 fully saturated rings. The fourth-order valence-electron chi connectivity index (χ4n) is 2.48. The van der Waals surface area contributed by atoms with Crippen LogP contribution in [0.2, 0.25) is 0 Å². The lowest BCUT2D eigenvalue weighted by atomic mass is 10.1. The van der Waals surface area contributed by atoms with Crippen LogP contribution in [0.15, 0.2) is 48.5 Å². The minimum absolute atomic E-state index is 0.210. The molecule has 4 amide bonds. The van der Waals surface area contributed by atoms with E-state index < -0.39 is 23.6 Å². The zero-order valence-electron chi connectivity index (χ0n) is 13.7. The van der Waals surface area contributed by atoms with Gasteiger partial charge in [-0.2, -0.15) is 0 Å². The SMILES string of the molecule is O=C1Nc2ccccc2C(=O)NCCNC(=O)c2ccccc2NC1=O. The molecule has 0 bridgehead atoms. The number of anilines is 2. The van der Waals surface area contributed by atoms with Gasteiger partial charge in [0, 0.05) is 13.1 Å². The van der Waals surface area contributed by atoms with E-state index in [1.165, 1.54) is 24.3 Å². The Morgan fingerprint density at radius 2 is 0.923 bits per heavy atom. The van der Waals surface area contributed by atoms with Gasteiger partial charge < -0.3 is 21.3 Å². The highest BCUT2D eigenvalue weighted by atomic mass is 16.2. The minimum Gasteiger partial charge on any atom is -0.350 e. The molecule has 132 valence electrons. The molecule has 8 heteroatoms.